The maximum Gasteiger partial charge on any atom is 0.242 e. The fraction of sp³-hybridized carbons (Fsp3) is 0.200. The van der Waals surface area contributed by atoms with Crippen LogP contribution in [0.4, 0.5) is 0 Å². The number of benzene rings is 1. The van der Waals surface area contributed by atoms with Crippen molar-refractivity contribution in [3.63, 3.8) is 0 Å². The Morgan fingerprint density at radius 3 is 2.57 bits per heavy atom. The summed E-state index contributed by atoms with van der Waals surface area (Å²) in [6.07, 6.45) is 6.43. The molecule has 1 amide bonds. The molecule has 1 atom stereocenters. The topological polar surface area (TPSA) is 98.5 Å². The number of aromatic nitrogens is 6. The molecule has 23 heavy (non-hydrogen) atoms. The summed E-state index contributed by atoms with van der Waals surface area (Å²) in [5.41, 5.74) is 2.99. The number of rotatable bonds is 5. The van der Waals surface area contributed by atoms with Crippen LogP contribution in [0, 0.1) is 0 Å². The van der Waals surface area contributed by atoms with Gasteiger partial charge in [-0.3, -0.25) is 4.79 Å². The largest absolute Gasteiger partial charge is 0.348 e. The van der Waals surface area contributed by atoms with Crippen molar-refractivity contribution in [1.82, 2.24) is 35.5 Å². The zero-order valence-corrected chi connectivity index (χ0v) is 12.5. The molecule has 0 aliphatic carbocycles. The van der Waals surface area contributed by atoms with Crippen LogP contribution in [0.1, 0.15) is 18.5 Å². The van der Waals surface area contributed by atoms with E-state index in [9.17, 15) is 4.79 Å². The lowest BCUT2D eigenvalue weighted by Gasteiger charge is -2.14. The van der Waals surface area contributed by atoms with Gasteiger partial charge in [-0.2, -0.15) is 0 Å². The third-order valence-corrected chi connectivity index (χ3v) is 3.38. The quantitative estimate of drug-likeness (QED) is 0.755. The highest BCUT2D eigenvalue weighted by atomic mass is 16.2. The Morgan fingerprint density at radius 2 is 1.91 bits per heavy atom. The van der Waals surface area contributed by atoms with E-state index in [0.717, 1.165) is 16.7 Å². The highest BCUT2D eigenvalue weighted by Crippen LogP contribution is 2.20. The number of carbonyl (C=O) groups excluding carboxylic acids is 1. The first-order chi connectivity index (χ1) is 11.2. The van der Waals surface area contributed by atoms with Crippen LogP contribution in [-0.2, 0) is 11.3 Å². The van der Waals surface area contributed by atoms with Crippen molar-refractivity contribution in [3.8, 4) is 11.1 Å². The monoisotopic (exact) mass is 309 g/mol. The number of amides is 1. The summed E-state index contributed by atoms with van der Waals surface area (Å²) in [6, 6.07) is 7.81. The molecule has 2 aromatic heterocycles. The highest BCUT2D eigenvalue weighted by Gasteiger charge is 2.11. The Balaban J connectivity index is 1.63. The molecule has 0 aliphatic heterocycles. The van der Waals surface area contributed by atoms with E-state index >= 15 is 0 Å². The number of tetrazole rings is 1. The Hall–Kier alpha value is -3.16. The van der Waals surface area contributed by atoms with Crippen molar-refractivity contribution in [2.45, 2.75) is 19.5 Å². The van der Waals surface area contributed by atoms with Crippen LogP contribution in [0.25, 0.3) is 11.1 Å². The second-order valence-corrected chi connectivity index (χ2v) is 5.05. The van der Waals surface area contributed by atoms with Crippen molar-refractivity contribution in [2.24, 2.45) is 0 Å². The predicted molar refractivity (Wildman–Crippen MR) is 81.8 cm³/mol. The maximum atomic E-state index is 11.9. The first-order valence-electron chi connectivity index (χ1n) is 7.08. The maximum absolute atomic E-state index is 11.9. The molecule has 0 saturated heterocycles. The van der Waals surface area contributed by atoms with E-state index < -0.39 is 0 Å². The minimum Gasteiger partial charge on any atom is -0.348 e. The molecule has 0 aliphatic rings. The molecule has 0 spiro atoms. The standard InChI is InChI=1S/C15H15N7O/c1-11(19-15(23)8-22-10-18-20-21-22)12-2-4-13(5-3-12)14-6-16-9-17-7-14/h2-7,9-11H,8H2,1H3,(H,19,23). The molecular formula is C15H15N7O. The van der Waals surface area contributed by atoms with Crippen LogP contribution in [0.2, 0.25) is 0 Å². The summed E-state index contributed by atoms with van der Waals surface area (Å²) >= 11 is 0. The molecule has 8 nitrogen and oxygen atoms in total. The normalized spacial score (nSPS) is 11.9. The third-order valence-electron chi connectivity index (χ3n) is 3.38. The smallest absolute Gasteiger partial charge is 0.242 e. The number of carbonyl (C=O) groups is 1. The molecule has 2 heterocycles. The zero-order chi connectivity index (χ0) is 16.1. The number of hydrogen-bond acceptors (Lipinski definition) is 6. The summed E-state index contributed by atoms with van der Waals surface area (Å²) in [7, 11) is 0. The fourth-order valence-corrected chi connectivity index (χ4v) is 2.18. The van der Waals surface area contributed by atoms with E-state index in [1.54, 1.807) is 12.4 Å². The Kier molecular flexibility index (Phi) is 4.32. The lowest BCUT2D eigenvalue weighted by molar-refractivity contribution is -0.122. The molecule has 0 fully saturated rings. The summed E-state index contributed by atoms with van der Waals surface area (Å²) < 4.78 is 1.38. The van der Waals surface area contributed by atoms with E-state index in [4.69, 9.17) is 0 Å². The van der Waals surface area contributed by atoms with Gasteiger partial charge in [-0.25, -0.2) is 14.6 Å². The van der Waals surface area contributed by atoms with Gasteiger partial charge in [0.2, 0.25) is 5.91 Å². The molecular weight excluding hydrogens is 294 g/mol. The Labute approximate surface area is 132 Å². The summed E-state index contributed by atoms with van der Waals surface area (Å²) in [5, 5.41) is 13.6. The highest BCUT2D eigenvalue weighted by molar-refractivity contribution is 5.76. The lowest BCUT2D eigenvalue weighted by Crippen LogP contribution is -2.30. The van der Waals surface area contributed by atoms with Crippen LogP contribution in [0.3, 0.4) is 0 Å². The van der Waals surface area contributed by atoms with Crippen LogP contribution in [0.15, 0.2) is 49.3 Å². The molecule has 3 rings (SSSR count). The number of nitrogens with one attached hydrogen (secondary N) is 1. The van der Waals surface area contributed by atoms with Gasteiger partial charge in [0.1, 0.15) is 19.2 Å². The average Bonchev–Trinajstić information content (AvgIpc) is 3.08. The molecule has 0 radical (unpaired) electrons. The van der Waals surface area contributed by atoms with Crippen molar-refractivity contribution in [1.29, 1.82) is 0 Å². The van der Waals surface area contributed by atoms with Crippen molar-refractivity contribution in [3.05, 3.63) is 54.9 Å². The SMILES string of the molecule is CC(NC(=O)Cn1cnnn1)c1ccc(-c2cncnc2)cc1. The van der Waals surface area contributed by atoms with Gasteiger partial charge in [0.05, 0.1) is 6.04 Å². The molecule has 1 N–H and O–H groups in total. The second kappa shape index (κ2) is 6.73. The van der Waals surface area contributed by atoms with E-state index in [-0.39, 0.29) is 18.5 Å². The molecule has 8 heteroatoms. The van der Waals surface area contributed by atoms with Crippen LogP contribution < -0.4 is 5.32 Å². The molecule has 3 aromatic rings. The minimum atomic E-state index is -0.148. The van der Waals surface area contributed by atoms with Gasteiger partial charge in [-0.05, 0) is 28.5 Å². The van der Waals surface area contributed by atoms with E-state index in [1.165, 1.54) is 17.3 Å². The van der Waals surface area contributed by atoms with Gasteiger partial charge < -0.3 is 5.32 Å². The van der Waals surface area contributed by atoms with Gasteiger partial charge >= 0.3 is 0 Å². The predicted octanol–water partition coefficient (Wildman–Crippen LogP) is 1.01. The zero-order valence-electron chi connectivity index (χ0n) is 12.5. The van der Waals surface area contributed by atoms with Crippen LogP contribution >= 0.6 is 0 Å². The first-order valence-corrected chi connectivity index (χ1v) is 7.08. The number of nitrogens with zero attached hydrogens (tertiary/aromatic N) is 6. The average molecular weight is 309 g/mol. The summed E-state index contributed by atoms with van der Waals surface area (Å²) in [5.74, 6) is -0.148. The van der Waals surface area contributed by atoms with Gasteiger partial charge in [0, 0.05) is 18.0 Å². The Morgan fingerprint density at radius 1 is 1.17 bits per heavy atom. The van der Waals surface area contributed by atoms with Gasteiger partial charge in [0.25, 0.3) is 0 Å². The van der Waals surface area contributed by atoms with E-state index in [2.05, 4.69) is 30.8 Å². The van der Waals surface area contributed by atoms with Crippen molar-refractivity contribution < 1.29 is 4.79 Å². The molecule has 116 valence electrons. The van der Waals surface area contributed by atoms with Crippen LogP contribution in [0.5, 0.6) is 0 Å². The fourth-order valence-electron chi connectivity index (χ4n) is 2.18. The van der Waals surface area contributed by atoms with Crippen LogP contribution in [-0.4, -0.2) is 36.1 Å². The van der Waals surface area contributed by atoms with E-state index in [0.29, 0.717) is 0 Å². The molecule has 1 aromatic carbocycles. The molecule has 1 unspecified atom stereocenters. The second-order valence-electron chi connectivity index (χ2n) is 5.05. The van der Waals surface area contributed by atoms with Crippen molar-refractivity contribution in [2.75, 3.05) is 0 Å². The third kappa shape index (κ3) is 3.73. The number of hydrogen-bond donors (Lipinski definition) is 1. The Bertz CT molecular complexity index is 756. The van der Waals surface area contributed by atoms with Gasteiger partial charge in [-0.1, -0.05) is 24.3 Å². The van der Waals surface area contributed by atoms with Gasteiger partial charge in [-0.15, -0.1) is 5.10 Å². The first kappa shape index (κ1) is 14.8. The molecule has 0 saturated carbocycles. The van der Waals surface area contributed by atoms with Crippen molar-refractivity contribution >= 4 is 5.91 Å². The lowest BCUT2D eigenvalue weighted by atomic mass is 10.0. The van der Waals surface area contributed by atoms with Gasteiger partial charge in [0.15, 0.2) is 0 Å². The summed E-state index contributed by atoms with van der Waals surface area (Å²) in [6.45, 7) is 2.02. The minimum absolute atomic E-state index is 0.0940. The summed E-state index contributed by atoms with van der Waals surface area (Å²) in [4.78, 5) is 20.0. The molecule has 0 bridgehead atoms. The van der Waals surface area contributed by atoms with E-state index in [1.807, 2.05) is 31.2 Å².